The highest BCUT2D eigenvalue weighted by atomic mass is 32.2. The molecule has 0 spiro atoms. The number of carbonyl (C=O) groups is 1. The zero-order valence-corrected chi connectivity index (χ0v) is 13.4. The number of hydrogen-bond donors (Lipinski definition) is 0. The number of likely N-dealkylation sites (tertiary alicyclic amines) is 1. The van der Waals surface area contributed by atoms with Crippen molar-refractivity contribution in [2.45, 2.75) is 29.6 Å². The third-order valence-electron chi connectivity index (χ3n) is 3.59. The topological polar surface area (TPSA) is 36.4 Å². The number of thiazole rings is 1. The van der Waals surface area contributed by atoms with Crippen molar-refractivity contribution in [1.82, 2.24) is 14.8 Å². The number of aromatic nitrogens is 1. The van der Waals surface area contributed by atoms with Crippen molar-refractivity contribution >= 4 is 29.0 Å². The molecule has 2 heterocycles. The van der Waals surface area contributed by atoms with E-state index in [-0.39, 0.29) is 5.91 Å². The van der Waals surface area contributed by atoms with E-state index >= 15 is 0 Å². The highest BCUT2D eigenvalue weighted by molar-refractivity contribution is 8.00. The molecule has 0 bridgehead atoms. The minimum absolute atomic E-state index is 0.0935. The van der Waals surface area contributed by atoms with E-state index in [0.29, 0.717) is 11.7 Å². The summed E-state index contributed by atoms with van der Waals surface area (Å²) in [6.45, 7) is 1.70. The summed E-state index contributed by atoms with van der Waals surface area (Å²) in [7, 11) is 4.24. The third-order valence-corrected chi connectivity index (χ3v) is 5.46. The van der Waals surface area contributed by atoms with Crippen LogP contribution >= 0.6 is 23.1 Å². The molecular weight excluding hydrogens is 278 g/mol. The number of thioether (sulfide) groups is 1. The van der Waals surface area contributed by atoms with Gasteiger partial charge in [-0.2, -0.15) is 0 Å². The predicted molar refractivity (Wildman–Crippen MR) is 81.1 cm³/mol. The van der Waals surface area contributed by atoms with Gasteiger partial charge in [-0.25, -0.2) is 4.98 Å². The molecule has 1 aliphatic rings. The zero-order valence-electron chi connectivity index (χ0n) is 11.8. The van der Waals surface area contributed by atoms with Gasteiger partial charge < -0.3 is 9.80 Å². The lowest BCUT2D eigenvalue weighted by molar-refractivity contribution is 0.0753. The summed E-state index contributed by atoms with van der Waals surface area (Å²) in [5.74, 6) is 0.0935. The van der Waals surface area contributed by atoms with E-state index in [1.54, 1.807) is 23.1 Å². The summed E-state index contributed by atoms with van der Waals surface area (Å²) in [6.07, 6.45) is 5.29. The summed E-state index contributed by atoms with van der Waals surface area (Å²) in [5.41, 5.74) is 0.609. The molecule has 0 saturated carbocycles. The molecule has 4 nitrogen and oxygen atoms in total. The molecule has 1 amide bonds. The number of nitrogens with zero attached hydrogens (tertiary/aromatic N) is 3. The summed E-state index contributed by atoms with van der Waals surface area (Å²) >= 11 is 3.14. The number of hydrogen-bond acceptors (Lipinski definition) is 5. The molecule has 0 unspecified atom stereocenters. The summed E-state index contributed by atoms with van der Waals surface area (Å²) in [6, 6.07) is 0.593. The minimum Gasteiger partial charge on any atom is -0.337 e. The second kappa shape index (κ2) is 6.72. The summed E-state index contributed by atoms with van der Waals surface area (Å²) in [5, 5.41) is 1.88. The molecule has 0 aromatic carbocycles. The molecule has 1 saturated heterocycles. The standard InChI is InChI=1S/C13H21N3OS2/c1-15(2)10-5-4-7-16(8-6-10)12(17)11-9-19-13(14-11)18-3/h9-10H,4-8H2,1-3H3/t10-/m1/s1. The van der Waals surface area contributed by atoms with E-state index in [0.717, 1.165) is 30.3 Å². The van der Waals surface area contributed by atoms with Crippen LogP contribution < -0.4 is 0 Å². The fourth-order valence-electron chi connectivity index (χ4n) is 2.41. The zero-order chi connectivity index (χ0) is 13.8. The molecule has 1 atom stereocenters. The largest absolute Gasteiger partial charge is 0.337 e. The Bertz CT molecular complexity index is 433. The molecule has 1 fully saturated rings. The van der Waals surface area contributed by atoms with Crippen LogP contribution in [0.4, 0.5) is 0 Å². The van der Waals surface area contributed by atoms with Gasteiger partial charge in [-0.05, 0) is 39.6 Å². The van der Waals surface area contributed by atoms with Gasteiger partial charge >= 0.3 is 0 Å². The average Bonchev–Trinajstić information content (AvgIpc) is 2.74. The van der Waals surface area contributed by atoms with Gasteiger partial charge in [-0.1, -0.05) is 11.8 Å². The highest BCUT2D eigenvalue weighted by Crippen LogP contribution is 2.22. The molecule has 6 heteroatoms. The van der Waals surface area contributed by atoms with Crippen molar-refractivity contribution in [3.05, 3.63) is 11.1 Å². The maximum Gasteiger partial charge on any atom is 0.273 e. The van der Waals surface area contributed by atoms with E-state index in [1.807, 2.05) is 16.5 Å². The maximum atomic E-state index is 12.4. The molecule has 1 aliphatic heterocycles. The van der Waals surface area contributed by atoms with Gasteiger partial charge in [0, 0.05) is 24.5 Å². The van der Waals surface area contributed by atoms with Gasteiger partial charge in [-0.3, -0.25) is 4.79 Å². The lowest BCUT2D eigenvalue weighted by atomic mass is 10.1. The Kier molecular flexibility index (Phi) is 5.24. The molecule has 1 aromatic heterocycles. The summed E-state index contributed by atoms with van der Waals surface area (Å²) < 4.78 is 0.962. The molecule has 106 valence electrons. The van der Waals surface area contributed by atoms with Crippen molar-refractivity contribution in [3.63, 3.8) is 0 Å². The van der Waals surface area contributed by atoms with Crippen LogP contribution in [0.3, 0.4) is 0 Å². The SMILES string of the molecule is CSc1nc(C(=O)N2CCC[C@@H](N(C)C)CC2)cs1. The van der Waals surface area contributed by atoms with Crippen LogP contribution in [0.5, 0.6) is 0 Å². The predicted octanol–water partition coefficient (Wildman–Crippen LogP) is 2.42. The van der Waals surface area contributed by atoms with E-state index in [1.165, 1.54) is 6.42 Å². The van der Waals surface area contributed by atoms with Gasteiger partial charge in [-0.15, -0.1) is 11.3 Å². The van der Waals surface area contributed by atoms with Crippen LogP contribution in [0.1, 0.15) is 29.8 Å². The second-order valence-electron chi connectivity index (χ2n) is 5.04. The second-order valence-corrected chi connectivity index (χ2v) is 6.95. The molecule has 0 radical (unpaired) electrons. The lowest BCUT2D eigenvalue weighted by Crippen LogP contribution is -2.34. The molecular formula is C13H21N3OS2. The van der Waals surface area contributed by atoms with Crippen molar-refractivity contribution in [2.75, 3.05) is 33.4 Å². The van der Waals surface area contributed by atoms with Crippen molar-refractivity contribution < 1.29 is 4.79 Å². The minimum atomic E-state index is 0.0935. The van der Waals surface area contributed by atoms with E-state index in [4.69, 9.17) is 0 Å². The van der Waals surface area contributed by atoms with Crippen LogP contribution in [0, 0.1) is 0 Å². The fraction of sp³-hybridized carbons (Fsp3) is 0.692. The van der Waals surface area contributed by atoms with E-state index in [2.05, 4.69) is 24.0 Å². The fourth-order valence-corrected chi connectivity index (χ4v) is 3.65. The first kappa shape index (κ1) is 14.8. The van der Waals surface area contributed by atoms with E-state index < -0.39 is 0 Å². The van der Waals surface area contributed by atoms with E-state index in [9.17, 15) is 4.79 Å². The normalized spacial score (nSPS) is 20.6. The molecule has 1 aromatic rings. The monoisotopic (exact) mass is 299 g/mol. The van der Waals surface area contributed by atoms with Gasteiger partial charge in [0.05, 0.1) is 0 Å². The first-order chi connectivity index (χ1) is 9.11. The van der Waals surface area contributed by atoms with Crippen molar-refractivity contribution in [3.8, 4) is 0 Å². The van der Waals surface area contributed by atoms with Crippen LogP contribution in [0.15, 0.2) is 9.72 Å². The average molecular weight is 299 g/mol. The van der Waals surface area contributed by atoms with Crippen LogP contribution in [-0.2, 0) is 0 Å². The Morgan fingerprint density at radius 3 is 2.89 bits per heavy atom. The van der Waals surface area contributed by atoms with Gasteiger partial charge in [0.2, 0.25) is 0 Å². The highest BCUT2D eigenvalue weighted by Gasteiger charge is 2.23. The Balaban J connectivity index is 1.99. The Morgan fingerprint density at radius 2 is 2.26 bits per heavy atom. The third kappa shape index (κ3) is 3.70. The number of carbonyl (C=O) groups excluding carboxylic acids is 1. The molecule has 0 aliphatic carbocycles. The van der Waals surface area contributed by atoms with Crippen molar-refractivity contribution in [1.29, 1.82) is 0 Å². The number of amides is 1. The Labute approximate surface area is 123 Å². The van der Waals surface area contributed by atoms with Gasteiger partial charge in [0.15, 0.2) is 0 Å². The van der Waals surface area contributed by atoms with Gasteiger partial charge in [0.1, 0.15) is 10.0 Å². The molecule has 0 N–H and O–H groups in total. The van der Waals surface area contributed by atoms with Crippen LogP contribution in [-0.4, -0.2) is 60.2 Å². The quantitative estimate of drug-likeness (QED) is 0.803. The van der Waals surface area contributed by atoms with Crippen molar-refractivity contribution in [2.24, 2.45) is 0 Å². The first-order valence-electron chi connectivity index (χ1n) is 6.57. The number of rotatable bonds is 3. The maximum absolute atomic E-state index is 12.4. The Morgan fingerprint density at radius 1 is 1.47 bits per heavy atom. The molecule has 19 heavy (non-hydrogen) atoms. The Hall–Kier alpha value is -0.590. The van der Waals surface area contributed by atoms with Crippen LogP contribution in [0.2, 0.25) is 0 Å². The lowest BCUT2D eigenvalue weighted by Gasteiger charge is -2.23. The smallest absolute Gasteiger partial charge is 0.273 e. The van der Waals surface area contributed by atoms with Crippen LogP contribution in [0.25, 0.3) is 0 Å². The van der Waals surface area contributed by atoms with Gasteiger partial charge in [0.25, 0.3) is 5.91 Å². The first-order valence-corrected chi connectivity index (χ1v) is 8.67. The molecule has 2 rings (SSSR count). The summed E-state index contributed by atoms with van der Waals surface area (Å²) in [4.78, 5) is 21.0.